The number of pyridine rings is 1. The highest BCUT2D eigenvalue weighted by molar-refractivity contribution is 5.84. The molecule has 4 N–H and O–H groups in total. The maximum absolute atomic E-state index is 14.1. The quantitative estimate of drug-likeness (QED) is 0.182. The molecule has 12 heteroatoms. The van der Waals surface area contributed by atoms with Crippen LogP contribution >= 0.6 is 0 Å². The number of nitrogens with zero attached hydrogens (tertiary/aromatic N) is 2. The fourth-order valence-corrected chi connectivity index (χ4v) is 5.10. The lowest BCUT2D eigenvalue weighted by Crippen LogP contribution is -2.61. The molecule has 0 saturated heterocycles. The van der Waals surface area contributed by atoms with Crippen LogP contribution in [0.25, 0.3) is 10.9 Å². The molecule has 0 saturated carbocycles. The van der Waals surface area contributed by atoms with E-state index in [9.17, 15) is 22.8 Å². The molecule has 46 heavy (non-hydrogen) atoms. The number of carbonyl (C=O) groups excluding carboxylic acids is 2. The van der Waals surface area contributed by atoms with Crippen LogP contribution in [0.5, 0.6) is 11.5 Å². The first-order valence-corrected chi connectivity index (χ1v) is 14.8. The topological polar surface area (TPSA) is 130 Å². The molecule has 9 nitrogen and oxygen atoms in total. The van der Waals surface area contributed by atoms with Gasteiger partial charge in [0.25, 0.3) is 5.91 Å². The minimum Gasteiger partial charge on any atom is -0.497 e. The van der Waals surface area contributed by atoms with E-state index in [0.717, 1.165) is 10.9 Å². The van der Waals surface area contributed by atoms with Crippen LogP contribution in [-0.2, 0) is 27.3 Å². The number of alkyl halides is 3. The molecule has 0 unspecified atom stereocenters. The SMILES string of the molecule is COc1ccc(C[C@](CCCN)(COc2cnc3ccccc3c2)N(OC(=O)C(F)(F)F)C(=O)[C@@H](N)CCc2ccccc2)cc1. The number of carbonyl (C=O) groups is 2. The van der Waals surface area contributed by atoms with Crippen molar-refractivity contribution in [3.8, 4) is 11.5 Å². The van der Waals surface area contributed by atoms with E-state index in [2.05, 4.69) is 4.98 Å². The van der Waals surface area contributed by atoms with Gasteiger partial charge in [0.15, 0.2) is 0 Å². The molecule has 0 spiro atoms. The highest BCUT2D eigenvalue weighted by Gasteiger charge is 2.50. The Morgan fingerprint density at radius 3 is 2.30 bits per heavy atom. The predicted octanol–water partition coefficient (Wildman–Crippen LogP) is 5.15. The second-order valence-corrected chi connectivity index (χ2v) is 10.9. The van der Waals surface area contributed by atoms with E-state index in [1.165, 1.54) is 13.3 Å². The zero-order valence-electron chi connectivity index (χ0n) is 25.4. The summed E-state index contributed by atoms with van der Waals surface area (Å²) < 4.78 is 52.4. The lowest BCUT2D eigenvalue weighted by atomic mass is 9.85. The number of methoxy groups -OCH3 is 1. The van der Waals surface area contributed by atoms with E-state index in [-0.39, 0.29) is 38.8 Å². The van der Waals surface area contributed by atoms with Gasteiger partial charge in [-0.15, -0.1) is 0 Å². The largest absolute Gasteiger partial charge is 0.497 e. The molecule has 244 valence electrons. The molecule has 0 bridgehead atoms. The third kappa shape index (κ3) is 8.95. The van der Waals surface area contributed by atoms with Crippen LogP contribution in [0.15, 0.2) is 91.1 Å². The maximum atomic E-state index is 14.1. The van der Waals surface area contributed by atoms with Gasteiger partial charge < -0.3 is 25.8 Å². The average molecular weight is 639 g/mol. The van der Waals surface area contributed by atoms with Crippen LogP contribution < -0.4 is 20.9 Å². The van der Waals surface area contributed by atoms with Crippen LogP contribution in [0.2, 0.25) is 0 Å². The number of aromatic nitrogens is 1. The van der Waals surface area contributed by atoms with Gasteiger partial charge in [0, 0.05) is 11.8 Å². The summed E-state index contributed by atoms with van der Waals surface area (Å²) in [5.74, 6) is -2.71. The van der Waals surface area contributed by atoms with Crippen molar-refractivity contribution in [3.05, 3.63) is 102 Å². The number of hydrogen-bond acceptors (Lipinski definition) is 8. The summed E-state index contributed by atoms with van der Waals surface area (Å²) >= 11 is 0. The molecule has 1 aromatic heterocycles. The molecule has 1 amide bonds. The van der Waals surface area contributed by atoms with Gasteiger partial charge in [-0.05, 0) is 67.6 Å². The zero-order chi connectivity index (χ0) is 33.2. The summed E-state index contributed by atoms with van der Waals surface area (Å²) in [6.45, 7) is -0.238. The molecular formula is C34H37F3N4O5. The first-order valence-electron chi connectivity index (χ1n) is 14.8. The standard InChI is InChI=1S/C34H37F3N4O5/c1-44-27-15-12-25(13-16-27)21-33(18-7-19-38,23-45-28-20-26-10-5-6-11-30(26)40-22-28)41(46-32(43)34(35,36)37)31(42)29(39)17-14-24-8-3-2-4-9-24/h2-6,8-13,15-16,20,22,29H,7,14,17-19,21,23,38-39H2,1H3/t29-,33+/m0/s1. The number of rotatable bonds is 14. The van der Waals surface area contributed by atoms with Gasteiger partial charge in [0.2, 0.25) is 0 Å². The molecule has 4 aromatic rings. The third-order valence-electron chi connectivity index (χ3n) is 7.55. The van der Waals surface area contributed by atoms with Gasteiger partial charge in [-0.3, -0.25) is 9.78 Å². The smallest absolute Gasteiger partial charge is 0.493 e. The van der Waals surface area contributed by atoms with Crippen molar-refractivity contribution >= 4 is 22.8 Å². The van der Waals surface area contributed by atoms with Crippen molar-refractivity contribution < 1.29 is 37.1 Å². The summed E-state index contributed by atoms with van der Waals surface area (Å²) in [7, 11) is 1.50. The number of hydroxylamine groups is 2. The minimum absolute atomic E-state index is 0.0127. The Labute approximate surface area is 265 Å². The van der Waals surface area contributed by atoms with E-state index in [1.54, 1.807) is 30.3 Å². The molecule has 4 rings (SSSR count). The van der Waals surface area contributed by atoms with Gasteiger partial charge in [0.05, 0.1) is 24.9 Å². The Morgan fingerprint density at radius 1 is 0.935 bits per heavy atom. The Morgan fingerprint density at radius 2 is 1.63 bits per heavy atom. The van der Waals surface area contributed by atoms with Crippen LogP contribution in [-0.4, -0.2) is 59.9 Å². The van der Waals surface area contributed by atoms with Gasteiger partial charge in [-0.1, -0.05) is 60.7 Å². The predicted molar refractivity (Wildman–Crippen MR) is 167 cm³/mol. The first-order chi connectivity index (χ1) is 22.0. The zero-order valence-corrected chi connectivity index (χ0v) is 25.4. The number of nitrogens with two attached hydrogens (primary N) is 2. The normalized spacial score (nSPS) is 13.4. The summed E-state index contributed by atoms with van der Waals surface area (Å²) in [6.07, 6.45) is -3.28. The van der Waals surface area contributed by atoms with E-state index in [0.29, 0.717) is 34.1 Å². The summed E-state index contributed by atoms with van der Waals surface area (Å²) in [6, 6.07) is 23.7. The Bertz CT molecular complexity index is 1590. The number of aryl methyl sites for hydroxylation is 1. The third-order valence-corrected chi connectivity index (χ3v) is 7.55. The molecule has 0 radical (unpaired) electrons. The number of ether oxygens (including phenoxy) is 2. The van der Waals surface area contributed by atoms with Crippen LogP contribution in [0.1, 0.15) is 30.4 Å². The monoisotopic (exact) mass is 638 g/mol. The van der Waals surface area contributed by atoms with Crippen molar-refractivity contribution in [1.82, 2.24) is 10.0 Å². The molecule has 0 aliphatic rings. The number of para-hydroxylation sites is 1. The molecule has 1 heterocycles. The first kappa shape index (κ1) is 34.2. The van der Waals surface area contributed by atoms with Crippen LogP contribution in [0.4, 0.5) is 13.2 Å². The highest BCUT2D eigenvalue weighted by Crippen LogP contribution is 2.32. The van der Waals surface area contributed by atoms with E-state index in [4.69, 9.17) is 25.8 Å². The number of hydrogen-bond donors (Lipinski definition) is 2. The van der Waals surface area contributed by atoms with Gasteiger partial charge in [0.1, 0.15) is 23.6 Å². The van der Waals surface area contributed by atoms with Crippen molar-refractivity contribution in [1.29, 1.82) is 0 Å². The lowest BCUT2D eigenvalue weighted by Gasteiger charge is -2.42. The number of benzene rings is 3. The minimum atomic E-state index is -5.39. The maximum Gasteiger partial charge on any atom is 0.493 e. The van der Waals surface area contributed by atoms with E-state index in [1.807, 2.05) is 54.6 Å². The molecule has 0 aliphatic carbocycles. The number of halogens is 3. The molecule has 2 atom stereocenters. The average Bonchev–Trinajstić information content (AvgIpc) is 3.07. The number of fused-ring (bicyclic) bond motifs is 1. The Kier molecular flexibility index (Phi) is 11.6. The second-order valence-electron chi connectivity index (χ2n) is 10.9. The van der Waals surface area contributed by atoms with Gasteiger partial charge >= 0.3 is 12.1 Å². The van der Waals surface area contributed by atoms with Gasteiger partial charge in [-0.2, -0.15) is 18.2 Å². The summed E-state index contributed by atoms with van der Waals surface area (Å²) in [4.78, 5) is 35.8. The lowest BCUT2D eigenvalue weighted by molar-refractivity contribution is -0.258. The Balaban J connectivity index is 1.76. The summed E-state index contributed by atoms with van der Waals surface area (Å²) in [5.41, 5.74) is 12.7. The molecule has 0 aliphatic heterocycles. The van der Waals surface area contributed by atoms with Crippen molar-refractivity contribution in [3.63, 3.8) is 0 Å². The van der Waals surface area contributed by atoms with Crippen molar-refractivity contribution in [2.75, 3.05) is 20.3 Å². The van der Waals surface area contributed by atoms with Crippen molar-refractivity contribution in [2.45, 2.75) is 49.9 Å². The van der Waals surface area contributed by atoms with Gasteiger partial charge in [-0.25, -0.2) is 4.79 Å². The summed E-state index contributed by atoms with van der Waals surface area (Å²) in [5, 5.41) is 1.24. The highest BCUT2D eigenvalue weighted by atomic mass is 19.4. The van der Waals surface area contributed by atoms with Crippen LogP contribution in [0, 0.1) is 0 Å². The Hall–Kier alpha value is -4.68. The van der Waals surface area contributed by atoms with Crippen molar-refractivity contribution in [2.24, 2.45) is 11.5 Å². The van der Waals surface area contributed by atoms with Crippen LogP contribution in [0.3, 0.4) is 0 Å². The fourth-order valence-electron chi connectivity index (χ4n) is 5.10. The molecular weight excluding hydrogens is 601 g/mol. The second kappa shape index (κ2) is 15.5. The van der Waals surface area contributed by atoms with E-state index >= 15 is 0 Å². The van der Waals surface area contributed by atoms with E-state index < -0.39 is 29.6 Å². The molecule has 3 aromatic carbocycles. The fraction of sp³-hybridized carbons (Fsp3) is 0.324. The number of amides is 1. The molecule has 0 fully saturated rings.